The number of carbonyl (C=O) groups is 1. The summed E-state index contributed by atoms with van der Waals surface area (Å²) in [6.07, 6.45) is -1.47. The Hall–Kier alpha value is -0.690. The Morgan fingerprint density at radius 1 is 1.53 bits per heavy atom. The normalized spacial score (nSPS) is 29.1. The van der Waals surface area contributed by atoms with Crippen LogP contribution in [0, 0.1) is 0 Å². The van der Waals surface area contributed by atoms with Crippen LogP contribution in [-0.2, 0) is 19.1 Å². The highest BCUT2D eigenvalue weighted by Crippen LogP contribution is 2.28. The molecule has 1 heterocycles. The highest BCUT2D eigenvalue weighted by Gasteiger charge is 2.46. The molecule has 1 fully saturated rings. The predicted octanol–water partition coefficient (Wildman–Crippen LogP) is -0.481. The van der Waals surface area contributed by atoms with Gasteiger partial charge in [0, 0.05) is 7.05 Å². The van der Waals surface area contributed by atoms with Crippen molar-refractivity contribution in [2.75, 3.05) is 20.8 Å². The molecular formula is C9H17NO5. The standard InChI is InChI=1S/C9H17NO5/c1-9(2)14-6(5-11)7(15-9)8(12)10(3)13-4/h6-7,11H,5H2,1-4H3/t6-,7+/m1/s1. The van der Waals surface area contributed by atoms with Gasteiger partial charge in [-0.25, -0.2) is 5.06 Å². The van der Waals surface area contributed by atoms with Crippen LogP contribution in [0.2, 0.25) is 0 Å². The van der Waals surface area contributed by atoms with E-state index in [0.717, 1.165) is 5.06 Å². The summed E-state index contributed by atoms with van der Waals surface area (Å²) in [5.41, 5.74) is 0. The lowest BCUT2D eigenvalue weighted by molar-refractivity contribution is -0.187. The van der Waals surface area contributed by atoms with Crippen LogP contribution in [0.1, 0.15) is 13.8 Å². The molecule has 0 saturated carbocycles. The molecule has 1 rings (SSSR count). The summed E-state index contributed by atoms with van der Waals surface area (Å²) in [5, 5.41) is 10.1. The summed E-state index contributed by atoms with van der Waals surface area (Å²) in [4.78, 5) is 16.5. The van der Waals surface area contributed by atoms with Gasteiger partial charge in [-0.15, -0.1) is 0 Å². The zero-order valence-electron chi connectivity index (χ0n) is 9.39. The summed E-state index contributed by atoms with van der Waals surface area (Å²) in [6.45, 7) is 3.11. The average Bonchev–Trinajstić information content (AvgIpc) is 2.51. The molecule has 1 aliphatic heterocycles. The predicted molar refractivity (Wildman–Crippen MR) is 50.7 cm³/mol. The van der Waals surface area contributed by atoms with Crippen LogP contribution in [-0.4, -0.2) is 54.8 Å². The molecule has 1 amide bonds. The first-order chi connectivity index (χ1) is 6.91. The summed E-state index contributed by atoms with van der Waals surface area (Å²) >= 11 is 0. The van der Waals surface area contributed by atoms with E-state index in [4.69, 9.17) is 19.4 Å². The fourth-order valence-electron chi connectivity index (χ4n) is 1.45. The van der Waals surface area contributed by atoms with E-state index >= 15 is 0 Å². The largest absolute Gasteiger partial charge is 0.394 e. The Bertz CT molecular complexity index is 243. The van der Waals surface area contributed by atoms with E-state index < -0.39 is 18.0 Å². The molecule has 0 radical (unpaired) electrons. The van der Waals surface area contributed by atoms with Crippen molar-refractivity contribution in [3.8, 4) is 0 Å². The quantitative estimate of drug-likeness (QED) is 0.649. The molecule has 1 aliphatic rings. The molecule has 1 saturated heterocycles. The molecule has 0 aliphatic carbocycles. The second-order valence-electron chi connectivity index (χ2n) is 3.80. The molecule has 0 aromatic rings. The van der Waals surface area contributed by atoms with Crippen LogP contribution < -0.4 is 0 Å². The first-order valence-corrected chi connectivity index (χ1v) is 4.69. The molecule has 88 valence electrons. The zero-order valence-corrected chi connectivity index (χ0v) is 9.39. The molecule has 0 spiro atoms. The Balaban J connectivity index is 2.72. The molecule has 6 heteroatoms. The second-order valence-corrected chi connectivity index (χ2v) is 3.80. The van der Waals surface area contributed by atoms with E-state index in [9.17, 15) is 4.79 Å². The van der Waals surface area contributed by atoms with E-state index in [1.807, 2.05) is 0 Å². The van der Waals surface area contributed by atoms with Crippen LogP contribution in [0.3, 0.4) is 0 Å². The lowest BCUT2D eigenvalue weighted by atomic mass is 10.2. The number of likely N-dealkylation sites (N-methyl/N-ethyl adjacent to an activating group) is 1. The molecule has 6 nitrogen and oxygen atoms in total. The van der Waals surface area contributed by atoms with Gasteiger partial charge in [0.15, 0.2) is 11.9 Å². The van der Waals surface area contributed by atoms with Gasteiger partial charge in [-0.2, -0.15) is 0 Å². The van der Waals surface area contributed by atoms with Crippen molar-refractivity contribution in [3.05, 3.63) is 0 Å². The molecule has 15 heavy (non-hydrogen) atoms. The Kier molecular flexibility index (Phi) is 3.67. The Morgan fingerprint density at radius 3 is 2.60 bits per heavy atom. The van der Waals surface area contributed by atoms with Gasteiger partial charge in [0.25, 0.3) is 5.91 Å². The van der Waals surface area contributed by atoms with Gasteiger partial charge in [-0.05, 0) is 13.8 Å². The lowest BCUT2D eigenvalue weighted by Gasteiger charge is -2.20. The number of hydrogen-bond acceptors (Lipinski definition) is 5. The summed E-state index contributed by atoms with van der Waals surface area (Å²) < 4.78 is 10.7. The second kappa shape index (κ2) is 4.44. The number of ether oxygens (including phenoxy) is 2. The summed E-state index contributed by atoms with van der Waals surface area (Å²) in [7, 11) is 2.86. The monoisotopic (exact) mass is 219 g/mol. The molecule has 0 aromatic heterocycles. The number of carbonyl (C=O) groups excluding carboxylic acids is 1. The summed E-state index contributed by atoms with van der Waals surface area (Å²) in [5.74, 6) is -1.23. The molecule has 0 bridgehead atoms. The smallest absolute Gasteiger partial charge is 0.277 e. The third-order valence-electron chi connectivity index (χ3n) is 2.19. The minimum Gasteiger partial charge on any atom is -0.394 e. The van der Waals surface area contributed by atoms with Crippen molar-refractivity contribution in [1.82, 2.24) is 5.06 Å². The number of hydroxylamine groups is 2. The van der Waals surface area contributed by atoms with Gasteiger partial charge in [0.2, 0.25) is 0 Å². The fraction of sp³-hybridized carbons (Fsp3) is 0.889. The fourth-order valence-corrected chi connectivity index (χ4v) is 1.45. The number of hydrogen-bond donors (Lipinski definition) is 1. The van der Waals surface area contributed by atoms with Gasteiger partial charge < -0.3 is 14.6 Å². The van der Waals surface area contributed by atoms with Crippen LogP contribution in [0.5, 0.6) is 0 Å². The van der Waals surface area contributed by atoms with E-state index in [1.54, 1.807) is 13.8 Å². The SMILES string of the molecule is CON(C)C(=O)[C@H]1OC(C)(C)O[C@@H]1CO. The first-order valence-electron chi connectivity index (χ1n) is 4.69. The zero-order chi connectivity index (χ0) is 11.6. The Labute approximate surface area is 88.7 Å². The van der Waals surface area contributed by atoms with Crippen molar-refractivity contribution in [3.63, 3.8) is 0 Å². The number of aliphatic hydroxyl groups excluding tert-OH is 1. The maximum absolute atomic E-state index is 11.7. The van der Waals surface area contributed by atoms with Gasteiger partial charge in [0.05, 0.1) is 13.7 Å². The van der Waals surface area contributed by atoms with Crippen LogP contribution >= 0.6 is 0 Å². The molecule has 1 N–H and O–H groups in total. The number of amides is 1. The van der Waals surface area contributed by atoms with E-state index in [-0.39, 0.29) is 12.5 Å². The number of aliphatic hydroxyl groups is 1. The molecule has 0 aromatic carbocycles. The molecule has 2 atom stereocenters. The van der Waals surface area contributed by atoms with Gasteiger partial charge in [-0.1, -0.05) is 0 Å². The maximum Gasteiger partial charge on any atom is 0.277 e. The van der Waals surface area contributed by atoms with Crippen LogP contribution in [0.25, 0.3) is 0 Å². The minimum atomic E-state index is -0.859. The van der Waals surface area contributed by atoms with Gasteiger partial charge in [-0.3, -0.25) is 9.63 Å². The van der Waals surface area contributed by atoms with Crippen molar-refractivity contribution in [1.29, 1.82) is 0 Å². The van der Waals surface area contributed by atoms with Crippen molar-refractivity contribution in [2.24, 2.45) is 0 Å². The highest BCUT2D eigenvalue weighted by molar-refractivity contribution is 5.80. The number of nitrogens with zero attached hydrogens (tertiary/aromatic N) is 1. The third kappa shape index (κ3) is 2.66. The van der Waals surface area contributed by atoms with Crippen molar-refractivity contribution >= 4 is 5.91 Å². The van der Waals surface area contributed by atoms with Crippen LogP contribution in [0.15, 0.2) is 0 Å². The van der Waals surface area contributed by atoms with Gasteiger partial charge in [0.1, 0.15) is 6.10 Å². The molecule has 0 unspecified atom stereocenters. The first kappa shape index (κ1) is 12.4. The van der Waals surface area contributed by atoms with E-state index in [1.165, 1.54) is 14.2 Å². The van der Waals surface area contributed by atoms with Crippen molar-refractivity contribution < 1.29 is 24.2 Å². The van der Waals surface area contributed by atoms with Crippen molar-refractivity contribution in [2.45, 2.75) is 31.8 Å². The average molecular weight is 219 g/mol. The van der Waals surface area contributed by atoms with E-state index in [2.05, 4.69) is 0 Å². The lowest BCUT2D eigenvalue weighted by Crippen LogP contribution is -2.42. The minimum absolute atomic E-state index is 0.266. The summed E-state index contributed by atoms with van der Waals surface area (Å²) in [6, 6.07) is 0. The topological polar surface area (TPSA) is 68.2 Å². The van der Waals surface area contributed by atoms with Crippen LogP contribution in [0.4, 0.5) is 0 Å². The molecular weight excluding hydrogens is 202 g/mol. The third-order valence-corrected chi connectivity index (χ3v) is 2.19. The van der Waals surface area contributed by atoms with E-state index in [0.29, 0.717) is 0 Å². The maximum atomic E-state index is 11.7. The number of rotatable bonds is 3. The highest BCUT2D eigenvalue weighted by atomic mass is 16.8. The van der Waals surface area contributed by atoms with Gasteiger partial charge >= 0.3 is 0 Å². The Morgan fingerprint density at radius 2 is 2.13 bits per heavy atom.